The van der Waals surface area contributed by atoms with E-state index in [1.807, 2.05) is 47.2 Å². The summed E-state index contributed by atoms with van der Waals surface area (Å²) in [4.78, 5) is 0. The maximum atomic E-state index is 5.78. The van der Waals surface area contributed by atoms with E-state index < -0.39 is 0 Å². The van der Waals surface area contributed by atoms with Crippen LogP contribution in [-0.4, -0.2) is 15.0 Å². The highest BCUT2D eigenvalue weighted by Crippen LogP contribution is 2.13. The van der Waals surface area contributed by atoms with Crippen LogP contribution < -0.4 is 5.73 Å². The Kier molecular flexibility index (Phi) is 4.41. The molecule has 0 saturated heterocycles. The normalized spacial score (nSPS) is 11.1. The van der Waals surface area contributed by atoms with Crippen molar-refractivity contribution in [1.82, 2.24) is 15.0 Å². The van der Waals surface area contributed by atoms with Gasteiger partial charge in [-0.25, -0.2) is 4.68 Å². The fraction of sp³-hybridized carbons (Fsp3) is 0.111. The molecule has 0 unspecified atom stereocenters. The predicted molar refractivity (Wildman–Crippen MR) is 88.8 cm³/mol. The third kappa shape index (κ3) is 3.30. The maximum absolute atomic E-state index is 5.78. The Morgan fingerprint density at radius 1 is 0.909 bits per heavy atom. The molecule has 110 valence electrons. The molecule has 0 aliphatic heterocycles. The van der Waals surface area contributed by atoms with E-state index in [2.05, 4.69) is 40.7 Å². The first-order chi connectivity index (χ1) is 10.9. The summed E-state index contributed by atoms with van der Waals surface area (Å²) in [6.07, 6.45) is 4.08. The third-order valence-electron chi connectivity index (χ3n) is 3.45. The number of hydrogen-bond donors (Lipinski definition) is 1. The first kappa shape index (κ1) is 14.2. The van der Waals surface area contributed by atoms with Crippen molar-refractivity contribution in [2.24, 2.45) is 5.73 Å². The van der Waals surface area contributed by atoms with Gasteiger partial charge in [-0.15, -0.1) is 5.10 Å². The summed E-state index contributed by atoms with van der Waals surface area (Å²) in [5, 5.41) is 8.41. The number of benzene rings is 2. The topological polar surface area (TPSA) is 56.7 Å². The zero-order valence-corrected chi connectivity index (χ0v) is 12.3. The molecule has 0 aliphatic rings. The Morgan fingerprint density at radius 2 is 1.59 bits per heavy atom. The summed E-state index contributed by atoms with van der Waals surface area (Å²) >= 11 is 0. The first-order valence-electron chi connectivity index (χ1n) is 7.26. The summed E-state index contributed by atoms with van der Waals surface area (Å²) in [7, 11) is 0. The lowest BCUT2D eigenvalue weighted by atomic mass is 10.2. The van der Waals surface area contributed by atoms with Gasteiger partial charge in [-0.05, 0) is 17.2 Å². The van der Waals surface area contributed by atoms with Crippen molar-refractivity contribution in [3.63, 3.8) is 0 Å². The van der Waals surface area contributed by atoms with Gasteiger partial charge in [0.2, 0.25) is 0 Å². The summed E-state index contributed by atoms with van der Waals surface area (Å²) in [6.45, 7) is 1.06. The van der Waals surface area contributed by atoms with Crippen LogP contribution in [-0.2, 0) is 13.1 Å². The Bertz CT molecular complexity index is 745. The van der Waals surface area contributed by atoms with E-state index in [-0.39, 0.29) is 0 Å². The van der Waals surface area contributed by atoms with Crippen LogP contribution in [0.3, 0.4) is 0 Å². The number of hydrogen-bond acceptors (Lipinski definition) is 3. The second-order valence-electron chi connectivity index (χ2n) is 5.01. The number of nitrogens with zero attached hydrogens (tertiary/aromatic N) is 3. The SMILES string of the molecule is NCc1nnn(Cc2ccccc2)c1/C=C/c1ccccc1. The Hall–Kier alpha value is -2.72. The van der Waals surface area contributed by atoms with Crippen LogP contribution in [0.2, 0.25) is 0 Å². The second kappa shape index (κ2) is 6.83. The van der Waals surface area contributed by atoms with Crippen molar-refractivity contribution >= 4 is 12.2 Å². The van der Waals surface area contributed by atoms with Crippen LogP contribution >= 0.6 is 0 Å². The number of nitrogens with two attached hydrogens (primary N) is 1. The van der Waals surface area contributed by atoms with E-state index in [0.29, 0.717) is 13.1 Å². The lowest BCUT2D eigenvalue weighted by Gasteiger charge is -2.04. The number of rotatable bonds is 5. The molecule has 0 atom stereocenters. The smallest absolute Gasteiger partial charge is 0.104 e. The quantitative estimate of drug-likeness (QED) is 0.786. The van der Waals surface area contributed by atoms with Crippen molar-refractivity contribution in [3.8, 4) is 0 Å². The van der Waals surface area contributed by atoms with E-state index in [1.54, 1.807) is 0 Å². The highest BCUT2D eigenvalue weighted by Gasteiger charge is 2.09. The van der Waals surface area contributed by atoms with Gasteiger partial charge in [0.15, 0.2) is 0 Å². The van der Waals surface area contributed by atoms with Gasteiger partial charge in [-0.2, -0.15) is 0 Å². The van der Waals surface area contributed by atoms with Crippen LogP contribution in [0, 0.1) is 0 Å². The largest absolute Gasteiger partial charge is 0.325 e. The molecule has 0 radical (unpaired) electrons. The van der Waals surface area contributed by atoms with E-state index in [0.717, 1.165) is 17.0 Å². The summed E-state index contributed by atoms with van der Waals surface area (Å²) in [5.41, 5.74) is 9.86. The van der Waals surface area contributed by atoms with Gasteiger partial charge >= 0.3 is 0 Å². The van der Waals surface area contributed by atoms with Crippen LogP contribution in [0.5, 0.6) is 0 Å². The molecule has 4 heteroatoms. The van der Waals surface area contributed by atoms with Crippen LogP contribution in [0.25, 0.3) is 12.2 Å². The molecule has 1 aromatic heterocycles. The lowest BCUT2D eigenvalue weighted by molar-refractivity contribution is 0.645. The molecule has 3 aromatic rings. The molecule has 0 spiro atoms. The van der Waals surface area contributed by atoms with Gasteiger partial charge in [-0.1, -0.05) is 72.0 Å². The molecule has 0 saturated carbocycles. The van der Waals surface area contributed by atoms with Crippen LogP contribution in [0.1, 0.15) is 22.5 Å². The Labute approximate surface area is 129 Å². The zero-order valence-electron chi connectivity index (χ0n) is 12.3. The molecule has 4 nitrogen and oxygen atoms in total. The minimum absolute atomic E-state index is 0.378. The molecule has 0 bridgehead atoms. The van der Waals surface area contributed by atoms with Crippen LogP contribution in [0.15, 0.2) is 60.7 Å². The minimum Gasteiger partial charge on any atom is -0.325 e. The van der Waals surface area contributed by atoms with E-state index >= 15 is 0 Å². The Morgan fingerprint density at radius 3 is 2.27 bits per heavy atom. The van der Waals surface area contributed by atoms with Gasteiger partial charge in [-0.3, -0.25) is 0 Å². The van der Waals surface area contributed by atoms with Crippen molar-refractivity contribution in [2.75, 3.05) is 0 Å². The third-order valence-corrected chi connectivity index (χ3v) is 3.45. The monoisotopic (exact) mass is 290 g/mol. The lowest BCUT2D eigenvalue weighted by Crippen LogP contribution is -2.05. The summed E-state index contributed by atoms with van der Waals surface area (Å²) < 4.78 is 1.89. The molecular formula is C18H18N4. The van der Waals surface area contributed by atoms with E-state index in [4.69, 9.17) is 5.73 Å². The van der Waals surface area contributed by atoms with Crippen molar-refractivity contribution in [1.29, 1.82) is 0 Å². The highest BCUT2D eigenvalue weighted by molar-refractivity contribution is 5.68. The molecule has 0 fully saturated rings. The molecule has 0 aliphatic carbocycles. The fourth-order valence-corrected chi connectivity index (χ4v) is 2.30. The molecular weight excluding hydrogens is 272 g/mol. The standard InChI is InChI=1S/C18H18N4/c19-13-17-18(12-11-15-7-3-1-4-8-15)22(21-20-17)14-16-9-5-2-6-10-16/h1-12H,13-14,19H2/b12-11+. The van der Waals surface area contributed by atoms with Crippen LogP contribution in [0.4, 0.5) is 0 Å². The molecule has 1 heterocycles. The van der Waals surface area contributed by atoms with E-state index in [9.17, 15) is 0 Å². The summed E-state index contributed by atoms with van der Waals surface area (Å²) in [6, 6.07) is 20.4. The molecule has 2 aromatic carbocycles. The molecule has 2 N–H and O–H groups in total. The highest BCUT2D eigenvalue weighted by atomic mass is 15.4. The van der Waals surface area contributed by atoms with Gasteiger partial charge in [0.25, 0.3) is 0 Å². The maximum Gasteiger partial charge on any atom is 0.104 e. The average molecular weight is 290 g/mol. The van der Waals surface area contributed by atoms with Gasteiger partial charge < -0.3 is 5.73 Å². The van der Waals surface area contributed by atoms with Gasteiger partial charge in [0, 0.05) is 6.54 Å². The van der Waals surface area contributed by atoms with E-state index in [1.165, 1.54) is 5.56 Å². The average Bonchev–Trinajstić information content (AvgIpc) is 2.96. The van der Waals surface area contributed by atoms with Gasteiger partial charge in [0.05, 0.1) is 12.2 Å². The van der Waals surface area contributed by atoms with Gasteiger partial charge in [0.1, 0.15) is 5.69 Å². The zero-order chi connectivity index (χ0) is 15.2. The molecule has 22 heavy (non-hydrogen) atoms. The predicted octanol–water partition coefficient (Wildman–Crippen LogP) is 2.96. The molecule has 0 amide bonds. The number of aromatic nitrogens is 3. The van der Waals surface area contributed by atoms with Crippen molar-refractivity contribution < 1.29 is 0 Å². The molecule has 3 rings (SSSR count). The Balaban J connectivity index is 1.89. The second-order valence-corrected chi connectivity index (χ2v) is 5.01. The fourth-order valence-electron chi connectivity index (χ4n) is 2.30. The summed E-state index contributed by atoms with van der Waals surface area (Å²) in [5.74, 6) is 0. The van der Waals surface area contributed by atoms with Crippen molar-refractivity contribution in [2.45, 2.75) is 13.1 Å². The van der Waals surface area contributed by atoms with Crippen molar-refractivity contribution in [3.05, 3.63) is 83.2 Å². The minimum atomic E-state index is 0.378. The first-order valence-corrected chi connectivity index (χ1v) is 7.26.